The Kier molecular flexibility index (Phi) is 7.37. The van der Waals surface area contributed by atoms with Crippen molar-refractivity contribution in [3.05, 3.63) is 63.7 Å². The van der Waals surface area contributed by atoms with Gasteiger partial charge in [-0.1, -0.05) is 0 Å². The van der Waals surface area contributed by atoms with Crippen molar-refractivity contribution >= 4 is 33.4 Å². The van der Waals surface area contributed by atoms with Crippen molar-refractivity contribution < 1.29 is 27.7 Å². The molecule has 2 aromatic carbocycles. The maximum atomic E-state index is 13.0. The Morgan fingerprint density at radius 2 is 1.65 bits per heavy atom. The van der Waals surface area contributed by atoms with E-state index < -0.39 is 26.9 Å². The van der Waals surface area contributed by atoms with E-state index in [2.05, 4.69) is 0 Å². The van der Waals surface area contributed by atoms with E-state index in [0.717, 1.165) is 4.31 Å². The van der Waals surface area contributed by atoms with Crippen molar-refractivity contribution in [2.24, 2.45) is 0 Å². The zero-order valence-corrected chi connectivity index (χ0v) is 19.5. The molecule has 2 N–H and O–H groups in total. The third kappa shape index (κ3) is 5.43. The largest absolute Gasteiger partial charge is 0.445 e. The van der Waals surface area contributed by atoms with Crippen LogP contribution >= 0.6 is 0 Å². The van der Waals surface area contributed by atoms with Crippen molar-refractivity contribution in [3.63, 3.8) is 0 Å². The van der Waals surface area contributed by atoms with Crippen LogP contribution in [-0.2, 0) is 21.4 Å². The van der Waals surface area contributed by atoms with Crippen LogP contribution in [0.1, 0.15) is 15.9 Å². The number of nitrogens with zero attached hydrogens (tertiary/aromatic N) is 4. The molecule has 1 saturated heterocycles. The van der Waals surface area contributed by atoms with Crippen molar-refractivity contribution in [3.8, 4) is 0 Å². The third-order valence-corrected chi connectivity index (χ3v) is 7.18. The lowest BCUT2D eigenvalue weighted by molar-refractivity contribution is -0.384. The number of sulfonamides is 1. The third-order valence-electron chi connectivity index (χ3n) is 5.37. The lowest BCUT2D eigenvalue weighted by atomic mass is 10.1. The summed E-state index contributed by atoms with van der Waals surface area (Å²) in [5.41, 5.74) is 6.73. The minimum Gasteiger partial charge on any atom is -0.445 e. The Balaban J connectivity index is 1.58. The number of nitro groups is 1. The Labute approximate surface area is 196 Å². The first-order valence-corrected chi connectivity index (χ1v) is 11.7. The zero-order chi connectivity index (χ0) is 25.0. The van der Waals surface area contributed by atoms with E-state index in [0.29, 0.717) is 5.56 Å². The molecule has 1 fully saturated rings. The highest BCUT2D eigenvalue weighted by molar-refractivity contribution is 7.89. The molecule has 0 atom stereocenters. The molecule has 0 radical (unpaired) electrons. The maximum absolute atomic E-state index is 13.0. The molecule has 0 saturated carbocycles. The van der Waals surface area contributed by atoms with E-state index in [1.54, 1.807) is 0 Å². The fraction of sp³-hybridized carbons (Fsp3) is 0.333. The van der Waals surface area contributed by atoms with Gasteiger partial charge in [-0.25, -0.2) is 17.5 Å². The van der Waals surface area contributed by atoms with E-state index in [4.69, 9.17) is 10.5 Å². The topological polar surface area (TPSA) is 156 Å². The van der Waals surface area contributed by atoms with Gasteiger partial charge in [-0.05, 0) is 35.9 Å². The molecular weight excluding hydrogens is 466 g/mol. The molecule has 13 heteroatoms. The Morgan fingerprint density at radius 3 is 2.21 bits per heavy atom. The van der Waals surface area contributed by atoms with Gasteiger partial charge in [0.05, 0.1) is 15.4 Å². The monoisotopic (exact) mass is 491 g/mol. The van der Waals surface area contributed by atoms with Crippen LogP contribution in [0.3, 0.4) is 0 Å². The standard InChI is InChI=1S/C21H25N5O7S/c1-23(2)34(31,32)17-7-8-19(22)18(13-17)20(27)24-9-11-25(12-10-24)21(28)33-14-15-3-5-16(6-4-15)26(29)30/h3-8,13H,9-12,14,22H2,1-2H3. The molecule has 2 aromatic rings. The van der Waals surface area contributed by atoms with Gasteiger partial charge in [-0.15, -0.1) is 0 Å². The molecule has 1 heterocycles. The number of nitrogens with two attached hydrogens (primary N) is 1. The van der Waals surface area contributed by atoms with Crippen molar-refractivity contribution in [2.45, 2.75) is 11.5 Å². The van der Waals surface area contributed by atoms with E-state index >= 15 is 0 Å². The van der Waals surface area contributed by atoms with E-state index in [9.17, 15) is 28.1 Å². The summed E-state index contributed by atoms with van der Waals surface area (Å²) in [5.74, 6) is -0.424. The van der Waals surface area contributed by atoms with Crippen LogP contribution in [0, 0.1) is 10.1 Å². The molecule has 34 heavy (non-hydrogen) atoms. The number of nitro benzene ring substituents is 1. The number of benzene rings is 2. The SMILES string of the molecule is CN(C)S(=O)(=O)c1ccc(N)c(C(=O)N2CCN(C(=O)OCc3ccc([N+](=O)[O-])cc3)CC2)c1. The van der Waals surface area contributed by atoms with Crippen molar-refractivity contribution in [1.29, 1.82) is 0 Å². The normalized spacial score (nSPS) is 14.2. The minimum absolute atomic E-state index is 0.0384. The quantitative estimate of drug-likeness (QED) is 0.362. The number of ether oxygens (including phenoxy) is 1. The van der Waals surface area contributed by atoms with Crippen LogP contribution in [-0.4, -0.2) is 79.7 Å². The summed E-state index contributed by atoms with van der Waals surface area (Å²) in [6.45, 7) is 0.839. The number of rotatable bonds is 6. The van der Waals surface area contributed by atoms with Gasteiger partial charge in [0.15, 0.2) is 0 Å². The average molecular weight is 492 g/mol. The fourth-order valence-electron chi connectivity index (χ4n) is 3.30. The number of anilines is 1. The maximum Gasteiger partial charge on any atom is 0.410 e. The predicted molar refractivity (Wildman–Crippen MR) is 122 cm³/mol. The summed E-state index contributed by atoms with van der Waals surface area (Å²) >= 11 is 0. The highest BCUT2D eigenvalue weighted by Crippen LogP contribution is 2.22. The number of amides is 2. The molecule has 0 aromatic heterocycles. The van der Waals surface area contributed by atoms with Crippen LogP contribution in [0.4, 0.5) is 16.2 Å². The van der Waals surface area contributed by atoms with Gasteiger partial charge in [0.2, 0.25) is 10.0 Å². The number of carbonyl (C=O) groups is 2. The first-order valence-electron chi connectivity index (χ1n) is 10.3. The van der Waals surface area contributed by atoms with Gasteiger partial charge in [0.25, 0.3) is 11.6 Å². The highest BCUT2D eigenvalue weighted by Gasteiger charge is 2.28. The summed E-state index contributed by atoms with van der Waals surface area (Å²) in [4.78, 5) is 38.5. The van der Waals surface area contributed by atoms with Crippen LogP contribution in [0.15, 0.2) is 47.4 Å². The van der Waals surface area contributed by atoms with Gasteiger partial charge in [0.1, 0.15) is 6.61 Å². The lowest BCUT2D eigenvalue weighted by Crippen LogP contribution is -2.50. The number of non-ortho nitro benzene ring substituents is 1. The number of nitrogen functional groups attached to an aromatic ring is 1. The second kappa shape index (κ2) is 10.1. The summed E-state index contributed by atoms with van der Waals surface area (Å²) in [7, 11) is -0.940. The number of hydrogen-bond acceptors (Lipinski definition) is 8. The van der Waals surface area contributed by atoms with Crippen LogP contribution in [0.25, 0.3) is 0 Å². The molecule has 2 amide bonds. The molecule has 12 nitrogen and oxygen atoms in total. The highest BCUT2D eigenvalue weighted by atomic mass is 32.2. The van der Waals surface area contributed by atoms with E-state index in [-0.39, 0.29) is 54.6 Å². The predicted octanol–water partition coefficient (Wildman–Crippen LogP) is 1.52. The molecule has 3 rings (SSSR count). The van der Waals surface area contributed by atoms with Crippen molar-refractivity contribution in [2.75, 3.05) is 46.0 Å². The smallest absolute Gasteiger partial charge is 0.410 e. The molecule has 0 spiro atoms. The summed E-state index contributed by atoms with van der Waals surface area (Å²) in [6.07, 6.45) is -0.566. The lowest BCUT2D eigenvalue weighted by Gasteiger charge is -2.34. The summed E-state index contributed by atoms with van der Waals surface area (Å²) < 4.78 is 31.1. The van der Waals surface area contributed by atoms with E-state index in [1.807, 2.05) is 0 Å². The Hall–Kier alpha value is -3.71. The molecular formula is C21H25N5O7S. The molecule has 182 valence electrons. The molecule has 0 unspecified atom stereocenters. The first kappa shape index (κ1) is 24.9. The number of piperazine rings is 1. The van der Waals surface area contributed by atoms with Gasteiger partial charge in [0, 0.05) is 58.1 Å². The minimum atomic E-state index is -3.73. The molecule has 1 aliphatic rings. The van der Waals surface area contributed by atoms with Crippen molar-refractivity contribution in [1.82, 2.24) is 14.1 Å². The summed E-state index contributed by atoms with van der Waals surface area (Å²) in [5, 5.41) is 10.7. The first-order chi connectivity index (χ1) is 16.0. The summed E-state index contributed by atoms with van der Waals surface area (Å²) in [6, 6.07) is 9.68. The fourth-order valence-corrected chi connectivity index (χ4v) is 4.23. The molecule has 1 aliphatic heterocycles. The zero-order valence-electron chi connectivity index (χ0n) is 18.7. The van der Waals surface area contributed by atoms with E-state index in [1.165, 1.54) is 66.4 Å². The second-order valence-electron chi connectivity index (χ2n) is 7.79. The van der Waals surface area contributed by atoms with Gasteiger partial charge >= 0.3 is 6.09 Å². The van der Waals surface area contributed by atoms with Gasteiger partial charge < -0.3 is 20.3 Å². The van der Waals surface area contributed by atoms with Crippen LogP contribution in [0.5, 0.6) is 0 Å². The molecule has 0 aliphatic carbocycles. The van der Waals surface area contributed by atoms with Crippen LogP contribution < -0.4 is 5.73 Å². The Morgan fingerprint density at radius 1 is 1.06 bits per heavy atom. The molecule has 0 bridgehead atoms. The Bertz CT molecular complexity index is 1190. The number of carbonyl (C=O) groups excluding carboxylic acids is 2. The number of hydrogen-bond donors (Lipinski definition) is 1. The van der Waals surface area contributed by atoms with Gasteiger partial charge in [-0.2, -0.15) is 0 Å². The second-order valence-corrected chi connectivity index (χ2v) is 9.95. The van der Waals surface area contributed by atoms with Gasteiger partial charge in [-0.3, -0.25) is 14.9 Å². The average Bonchev–Trinajstić information content (AvgIpc) is 2.82. The van der Waals surface area contributed by atoms with Crippen LogP contribution in [0.2, 0.25) is 0 Å².